The van der Waals surface area contributed by atoms with Gasteiger partial charge in [0.05, 0.1) is 0 Å². The second-order valence-electron chi connectivity index (χ2n) is 3.72. The van der Waals surface area contributed by atoms with Gasteiger partial charge in [-0.1, -0.05) is 6.92 Å². The monoisotopic (exact) mass is 225 g/mol. The van der Waals surface area contributed by atoms with Gasteiger partial charge in [0.15, 0.2) is 11.6 Å². The lowest BCUT2D eigenvalue weighted by atomic mass is 10.2. The molecule has 0 saturated carbocycles. The van der Waals surface area contributed by atoms with Crippen molar-refractivity contribution in [3.63, 3.8) is 0 Å². The second kappa shape index (κ2) is 6.43. The molecule has 1 heterocycles. The van der Waals surface area contributed by atoms with Gasteiger partial charge in [0.1, 0.15) is 0 Å². The van der Waals surface area contributed by atoms with Crippen molar-refractivity contribution < 1.29 is 4.39 Å². The van der Waals surface area contributed by atoms with E-state index < -0.39 is 0 Å². The smallest absolute Gasteiger partial charge is 0.170 e. The highest BCUT2D eigenvalue weighted by Gasteiger charge is 2.13. The molecule has 0 aliphatic carbocycles. The standard InChI is InChI=1S/C12H20FN3/c1-4-8-16(5-2)12-11(13)10(9-14-3)6-7-15-12/h6-7,14H,4-5,8-9H2,1-3H3. The zero-order valence-corrected chi connectivity index (χ0v) is 10.3. The molecule has 4 heteroatoms. The summed E-state index contributed by atoms with van der Waals surface area (Å²) in [6.45, 7) is 6.24. The Kier molecular flexibility index (Phi) is 5.19. The number of pyridine rings is 1. The summed E-state index contributed by atoms with van der Waals surface area (Å²) in [5, 5.41) is 2.95. The van der Waals surface area contributed by atoms with E-state index in [-0.39, 0.29) is 5.82 Å². The molecule has 0 radical (unpaired) electrons. The summed E-state index contributed by atoms with van der Waals surface area (Å²) in [7, 11) is 1.81. The average molecular weight is 225 g/mol. The van der Waals surface area contributed by atoms with Crippen molar-refractivity contribution in [3.8, 4) is 0 Å². The Morgan fingerprint density at radius 2 is 2.19 bits per heavy atom. The van der Waals surface area contributed by atoms with E-state index in [1.807, 2.05) is 18.9 Å². The highest BCUT2D eigenvalue weighted by Crippen LogP contribution is 2.19. The molecular formula is C12H20FN3. The zero-order chi connectivity index (χ0) is 12.0. The molecule has 1 rings (SSSR count). The fourth-order valence-corrected chi connectivity index (χ4v) is 1.70. The molecular weight excluding hydrogens is 205 g/mol. The Morgan fingerprint density at radius 1 is 1.44 bits per heavy atom. The van der Waals surface area contributed by atoms with Crippen molar-refractivity contribution in [2.24, 2.45) is 0 Å². The second-order valence-corrected chi connectivity index (χ2v) is 3.72. The van der Waals surface area contributed by atoms with E-state index in [4.69, 9.17) is 0 Å². The first-order valence-electron chi connectivity index (χ1n) is 5.77. The maximum absolute atomic E-state index is 14.1. The molecule has 0 aliphatic rings. The van der Waals surface area contributed by atoms with Crippen LogP contribution in [0.15, 0.2) is 12.3 Å². The van der Waals surface area contributed by atoms with Crippen LogP contribution in [-0.4, -0.2) is 25.1 Å². The maximum atomic E-state index is 14.1. The third-order valence-electron chi connectivity index (χ3n) is 2.49. The number of nitrogens with zero attached hydrogens (tertiary/aromatic N) is 2. The Labute approximate surface area is 96.7 Å². The molecule has 0 aliphatic heterocycles. The van der Waals surface area contributed by atoms with Gasteiger partial charge < -0.3 is 10.2 Å². The highest BCUT2D eigenvalue weighted by molar-refractivity contribution is 5.42. The van der Waals surface area contributed by atoms with E-state index in [2.05, 4.69) is 17.2 Å². The van der Waals surface area contributed by atoms with Crippen LogP contribution in [0.4, 0.5) is 10.2 Å². The summed E-state index contributed by atoms with van der Waals surface area (Å²) in [5.74, 6) is 0.268. The van der Waals surface area contributed by atoms with E-state index in [1.165, 1.54) is 0 Å². The van der Waals surface area contributed by atoms with E-state index in [1.54, 1.807) is 12.3 Å². The summed E-state index contributed by atoms with van der Waals surface area (Å²) in [4.78, 5) is 6.10. The SMILES string of the molecule is CCCN(CC)c1nccc(CNC)c1F. The molecule has 3 nitrogen and oxygen atoms in total. The predicted molar refractivity (Wildman–Crippen MR) is 65.1 cm³/mol. The van der Waals surface area contributed by atoms with Gasteiger partial charge in [-0.05, 0) is 26.5 Å². The van der Waals surface area contributed by atoms with Crippen LogP contribution >= 0.6 is 0 Å². The largest absolute Gasteiger partial charge is 0.354 e. The third-order valence-corrected chi connectivity index (χ3v) is 2.49. The van der Waals surface area contributed by atoms with Crippen molar-refractivity contribution in [2.45, 2.75) is 26.8 Å². The lowest BCUT2D eigenvalue weighted by molar-refractivity contribution is 0.585. The van der Waals surface area contributed by atoms with Crippen LogP contribution in [0.3, 0.4) is 0 Å². The average Bonchev–Trinajstić information content (AvgIpc) is 2.30. The Bertz CT molecular complexity index is 328. The summed E-state index contributed by atoms with van der Waals surface area (Å²) in [6, 6.07) is 1.72. The van der Waals surface area contributed by atoms with Gasteiger partial charge in [-0.2, -0.15) is 0 Å². The van der Waals surface area contributed by atoms with Crippen LogP contribution in [0.5, 0.6) is 0 Å². The maximum Gasteiger partial charge on any atom is 0.170 e. The van der Waals surface area contributed by atoms with Gasteiger partial charge in [0, 0.05) is 31.4 Å². The number of hydrogen-bond donors (Lipinski definition) is 1. The van der Waals surface area contributed by atoms with Gasteiger partial charge in [-0.3, -0.25) is 0 Å². The molecule has 0 unspecified atom stereocenters. The Hall–Kier alpha value is -1.16. The van der Waals surface area contributed by atoms with Gasteiger partial charge >= 0.3 is 0 Å². The van der Waals surface area contributed by atoms with Crippen LogP contribution in [0.2, 0.25) is 0 Å². The third kappa shape index (κ3) is 2.92. The molecule has 0 atom stereocenters. The summed E-state index contributed by atoms with van der Waals surface area (Å²) < 4.78 is 14.1. The number of aromatic nitrogens is 1. The number of rotatable bonds is 6. The van der Waals surface area contributed by atoms with Crippen molar-refractivity contribution in [3.05, 3.63) is 23.6 Å². The van der Waals surface area contributed by atoms with E-state index in [0.717, 1.165) is 19.5 Å². The number of nitrogens with one attached hydrogen (secondary N) is 1. The lowest BCUT2D eigenvalue weighted by Gasteiger charge is -2.22. The molecule has 0 fully saturated rings. The van der Waals surface area contributed by atoms with Gasteiger partial charge in [-0.15, -0.1) is 0 Å². The number of anilines is 1. The van der Waals surface area contributed by atoms with Gasteiger partial charge in [-0.25, -0.2) is 9.37 Å². The quantitative estimate of drug-likeness (QED) is 0.804. The number of halogens is 1. The van der Waals surface area contributed by atoms with Crippen LogP contribution in [0.25, 0.3) is 0 Å². The molecule has 1 aromatic rings. The first-order chi connectivity index (χ1) is 7.74. The Morgan fingerprint density at radius 3 is 2.75 bits per heavy atom. The zero-order valence-electron chi connectivity index (χ0n) is 10.3. The molecule has 0 spiro atoms. The van der Waals surface area contributed by atoms with Crippen LogP contribution in [-0.2, 0) is 6.54 Å². The lowest BCUT2D eigenvalue weighted by Crippen LogP contribution is -2.26. The predicted octanol–water partition coefficient (Wildman–Crippen LogP) is 2.18. The minimum absolute atomic E-state index is 0.202. The molecule has 1 aromatic heterocycles. The minimum Gasteiger partial charge on any atom is -0.354 e. The summed E-state index contributed by atoms with van der Waals surface area (Å²) in [5.41, 5.74) is 0.669. The fourth-order valence-electron chi connectivity index (χ4n) is 1.70. The first kappa shape index (κ1) is 12.9. The fraction of sp³-hybridized carbons (Fsp3) is 0.583. The normalized spacial score (nSPS) is 10.5. The van der Waals surface area contributed by atoms with Crippen LogP contribution < -0.4 is 10.2 Å². The van der Waals surface area contributed by atoms with Crippen molar-refractivity contribution in [2.75, 3.05) is 25.0 Å². The first-order valence-corrected chi connectivity index (χ1v) is 5.77. The van der Waals surface area contributed by atoms with Gasteiger partial charge in [0.25, 0.3) is 0 Å². The highest BCUT2D eigenvalue weighted by atomic mass is 19.1. The molecule has 0 amide bonds. The van der Waals surface area contributed by atoms with Crippen molar-refractivity contribution in [1.82, 2.24) is 10.3 Å². The molecule has 0 saturated heterocycles. The van der Waals surface area contributed by atoms with Gasteiger partial charge in [0.2, 0.25) is 0 Å². The van der Waals surface area contributed by atoms with E-state index in [9.17, 15) is 4.39 Å². The molecule has 0 bridgehead atoms. The summed E-state index contributed by atoms with van der Waals surface area (Å²) in [6.07, 6.45) is 2.66. The van der Waals surface area contributed by atoms with E-state index in [0.29, 0.717) is 17.9 Å². The van der Waals surface area contributed by atoms with Crippen molar-refractivity contribution >= 4 is 5.82 Å². The van der Waals surface area contributed by atoms with E-state index >= 15 is 0 Å². The summed E-state index contributed by atoms with van der Waals surface area (Å²) >= 11 is 0. The van der Waals surface area contributed by atoms with Crippen LogP contribution in [0, 0.1) is 5.82 Å². The minimum atomic E-state index is -0.202. The molecule has 90 valence electrons. The topological polar surface area (TPSA) is 28.2 Å². The van der Waals surface area contributed by atoms with Crippen molar-refractivity contribution in [1.29, 1.82) is 0 Å². The molecule has 16 heavy (non-hydrogen) atoms. The Balaban J connectivity index is 2.98. The number of hydrogen-bond acceptors (Lipinski definition) is 3. The molecule has 1 N–H and O–H groups in total. The van der Waals surface area contributed by atoms with Crippen LogP contribution in [0.1, 0.15) is 25.8 Å². The molecule has 0 aromatic carbocycles.